The molecular formula is C15H22O2. The maximum Gasteiger partial charge on any atom is 0.303 e. The third-order valence-corrected chi connectivity index (χ3v) is 3.06. The molecule has 0 heterocycles. The molecule has 1 rings (SSSR count). The van der Waals surface area contributed by atoms with Gasteiger partial charge < -0.3 is 5.11 Å². The van der Waals surface area contributed by atoms with Gasteiger partial charge in [0.15, 0.2) is 0 Å². The fourth-order valence-electron chi connectivity index (χ4n) is 2.01. The van der Waals surface area contributed by atoms with E-state index in [1.165, 1.54) is 16.7 Å². The van der Waals surface area contributed by atoms with Crippen molar-refractivity contribution in [2.24, 2.45) is 0 Å². The lowest BCUT2D eigenvalue weighted by molar-refractivity contribution is -0.136. The quantitative estimate of drug-likeness (QED) is 0.837. The van der Waals surface area contributed by atoms with E-state index in [9.17, 15) is 4.79 Å². The second-order valence-electron chi connectivity index (χ2n) is 5.16. The van der Waals surface area contributed by atoms with Crippen LogP contribution in [-0.4, -0.2) is 11.1 Å². The molecular weight excluding hydrogens is 212 g/mol. The Morgan fingerprint density at radius 1 is 1.18 bits per heavy atom. The van der Waals surface area contributed by atoms with Crippen LogP contribution in [0.4, 0.5) is 0 Å². The first-order valence-corrected chi connectivity index (χ1v) is 6.26. The lowest BCUT2D eigenvalue weighted by atomic mass is 9.90. The highest BCUT2D eigenvalue weighted by molar-refractivity contribution is 5.67. The fraction of sp³-hybridized carbons (Fsp3) is 0.533. The predicted molar refractivity (Wildman–Crippen MR) is 70.6 cm³/mol. The number of aliphatic carboxylic acids is 1. The van der Waals surface area contributed by atoms with Crippen molar-refractivity contribution >= 4 is 5.97 Å². The molecule has 2 nitrogen and oxygen atoms in total. The smallest absolute Gasteiger partial charge is 0.303 e. The molecule has 0 bridgehead atoms. The number of hydrogen-bond donors (Lipinski definition) is 1. The van der Waals surface area contributed by atoms with Crippen molar-refractivity contribution in [2.45, 2.75) is 52.4 Å². The highest BCUT2D eigenvalue weighted by Crippen LogP contribution is 2.25. The van der Waals surface area contributed by atoms with Gasteiger partial charge in [-0.2, -0.15) is 0 Å². The normalized spacial score (nSPS) is 11.2. The molecule has 0 atom stereocenters. The molecule has 0 fully saturated rings. The van der Waals surface area contributed by atoms with Crippen molar-refractivity contribution in [3.8, 4) is 0 Å². The molecule has 0 saturated carbocycles. The topological polar surface area (TPSA) is 37.3 Å². The number of rotatable bonds is 5. The van der Waals surface area contributed by atoms with Gasteiger partial charge in [0, 0.05) is 6.42 Å². The molecule has 1 N–H and O–H groups in total. The number of carbonyl (C=O) groups is 1. The zero-order chi connectivity index (χ0) is 13.0. The van der Waals surface area contributed by atoms with Crippen molar-refractivity contribution in [1.82, 2.24) is 0 Å². The molecule has 0 spiro atoms. The Kier molecular flexibility index (Phi) is 4.73. The minimum absolute atomic E-state index is 0.210. The molecule has 0 saturated heterocycles. The van der Waals surface area contributed by atoms with E-state index in [1.807, 2.05) is 0 Å². The van der Waals surface area contributed by atoms with Crippen molar-refractivity contribution in [3.63, 3.8) is 0 Å². The Labute approximate surface area is 104 Å². The first-order chi connectivity index (χ1) is 7.91. The summed E-state index contributed by atoms with van der Waals surface area (Å²) in [7, 11) is 0. The summed E-state index contributed by atoms with van der Waals surface area (Å²) in [5.74, 6) is 0.203. The lowest BCUT2D eigenvalue weighted by Crippen LogP contribution is -2.03. The molecule has 0 aromatic heterocycles. The number of hydrogen-bond acceptors (Lipinski definition) is 1. The van der Waals surface area contributed by atoms with Crippen LogP contribution in [0.1, 0.15) is 62.6 Å². The van der Waals surface area contributed by atoms with E-state index in [2.05, 4.69) is 45.9 Å². The maximum atomic E-state index is 10.7. The highest BCUT2D eigenvalue weighted by Gasteiger charge is 2.10. The van der Waals surface area contributed by atoms with Gasteiger partial charge in [0.25, 0.3) is 0 Å². The molecule has 0 aliphatic carbocycles. The highest BCUT2D eigenvalue weighted by atomic mass is 16.4. The van der Waals surface area contributed by atoms with E-state index in [-0.39, 0.29) is 6.42 Å². The Morgan fingerprint density at radius 2 is 1.82 bits per heavy atom. The van der Waals surface area contributed by atoms with Gasteiger partial charge in [-0.15, -0.1) is 0 Å². The van der Waals surface area contributed by atoms with Gasteiger partial charge in [-0.1, -0.05) is 45.9 Å². The molecule has 0 unspecified atom stereocenters. The summed E-state index contributed by atoms with van der Waals surface area (Å²) < 4.78 is 0. The average molecular weight is 234 g/mol. The van der Waals surface area contributed by atoms with E-state index in [0.29, 0.717) is 18.3 Å². The maximum absolute atomic E-state index is 10.7. The number of carboxylic acid groups (broad SMARTS) is 1. The minimum atomic E-state index is -0.727. The van der Waals surface area contributed by atoms with Crippen LogP contribution in [0.25, 0.3) is 0 Å². The van der Waals surface area contributed by atoms with Gasteiger partial charge >= 0.3 is 5.97 Å². The van der Waals surface area contributed by atoms with Crippen LogP contribution in [0.3, 0.4) is 0 Å². The number of carboxylic acids is 1. The third-order valence-electron chi connectivity index (χ3n) is 3.06. The van der Waals surface area contributed by atoms with E-state index in [1.54, 1.807) is 0 Å². The Hall–Kier alpha value is -1.31. The predicted octanol–water partition coefficient (Wildman–Crippen LogP) is 3.95. The van der Waals surface area contributed by atoms with Gasteiger partial charge in [0.1, 0.15) is 0 Å². The van der Waals surface area contributed by atoms with Gasteiger partial charge in [-0.3, -0.25) is 4.79 Å². The summed E-state index contributed by atoms with van der Waals surface area (Å²) in [5.41, 5.74) is 3.75. The van der Waals surface area contributed by atoms with E-state index >= 15 is 0 Å². The van der Waals surface area contributed by atoms with Crippen LogP contribution >= 0.6 is 0 Å². The van der Waals surface area contributed by atoms with Gasteiger partial charge in [0.05, 0.1) is 0 Å². The summed E-state index contributed by atoms with van der Waals surface area (Å²) in [6, 6.07) is 6.48. The molecule has 0 radical (unpaired) electrons. The van der Waals surface area contributed by atoms with E-state index < -0.39 is 5.97 Å². The standard InChI is InChI=1S/C15H22O2/c1-10(2)12-5-7-14(11(3)4)13(9-12)6-8-15(16)17/h5,7,9-11H,6,8H2,1-4H3,(H,16,17). The van der Waals surface area contributed by atoms with Crippen LogP contribution in [0.5, 0.6) is 0 Å². The van der Waals surface area contributed by atoms with Crippen molar-refractivity contribution in [3.05, 3.63) is 34.9 Å². The molecule has 0 aliphatic rings. The zero-order valence-corrected chi connectivity index (χ0v) is 11.2. The number of aryl methyl sites for hydroxylation is 1. The Morgan fingerprint density at radius 3 is 2.29 bits per heavy atom. The van der Waals surface area contributed by atoms with Gasteiger partial charge in [0.2, 0.25) is 0 Å². The second-order valence-corrected chi connectivity index (χ2v) is 5.16. The monoisotopic (exact) mass is 234 g/mol. The molecule has 0 aliphatic heterocycles. The third kappa shape index (κ3) is 3.88. The van der Waals surface area contributed by atoms with Crippen LogP contribution in [0.15, 0.2) is 18.2 Å². The van der Waals surface area contributed by atoms with Crippen LogP contribution in [-0.2, 0) is 11.2 Å². The van der Waals surface area contributed by atoms with Crippen LogP contribution < -0.4 is 0 Å². The van der Waals surface area contributed by atoms with E-state index in [0.717, 1.165) is 0 Å². The molecule has 17 heavy (non-hydrogen) atoms. The largest absolute Gasteiger partial charge is 0.481 e. The SMILES string of the molecule is CC(C)c1ccc(C(C)C)c(CCC(=O)O)c1. The Balaban J connectivity index is 3.02. The molecule has 1 aromatic rings. The molecule has 2 heteroatoms. The van der Waals surface area contributed by atoms with Crippen molar-refractivity contribution in [2.75, 3.05) is 0 Å². The Bertz CT molecular complexity index is 392. The van der Waals surface area contributed by atoms with Crippen molar-refractivity contribution < 1.29 is 9.90 Å². The summed E-state index contributed by atoms with van der Waals surface area (Å²) in [4.78, 5) is 10.7. The number of benzene rings is 1. The first kappa shape index (κ1) is 13.8. The first-order valence-electron chi connectivity index (χ1n) is 6.26. The summed E-state index contributed by atoms with van der Waals surface area (Å²) >= 11 is 0. The molecule has 0 amide bonds. The van der Waals surface area contributed by atoms with Gasteiger partial charge in [-0.25, -0.2) is 0 Å². The van der Waals surface area contributed by atoms with Crippen LogP contribution in [0, 0.1) is 0 Å². The molecule has 94 valence electrons. The second kappa shape index (κ2) is 5.85. The lowest BCUT2D eigenvalue weighted by Gasteiger charge is -2.15. The summed E-state index contributed by atoms with van der Waals surface area (Å²) in [5, 5.41) is 8.78. The van der Waals surface area contributed by atoms with Gasteiger partial charge in [-0.05, 0) is 34.9 Å². The van der Waals surface area contributed by atoms with Crippen molar-refractivity contribution in [1.29, 1.82) is 0 Å². The molecule has 1 aromatic carbocycles. The van der Waals surface area contributed by atoms with Crippen LogP contribution in [0.2, 0.25) is 0 Å². The summed E-state index contributed by atoms with van der Waals surface area (Å²) in [6.07, 6.45) is 0.838. The summed E-state index contributed by atoms with van der Waals surface area (Å²) in [6.45, 7) is 8.61. The zero-order valence-electron chi connectivity index (χ0n) is 11.2. The minimum Gasteiger partial charge on any atom is -0.481 e. The van der Waals surface area contributed by atoms with E-state index in [4.69, 9.17) is 5.11 Å². The average Bonchev–Trinajstić information content (AvgIpc) is 2.25. The fourth-order valence-corrected chi connectivity index (χ4v) is 2.01.